The van der Waals surface area contributed by atoms with Gasteiger partial charge in [-0.05, 0) is 80.4 Å². The summed E-state index contributed by atoms with van der Waals surface area (Å²) in [5.74, 6) is 3.06. The third kappa shape index (κ3) is 3.70. The minimum absolute atomic E-state index is 0.138. The molecule has 34 heavy (non-hydrogen) atoms. The molecule has 2 amide bonds. The van der Waals surface area contributed by atoms with E-state index >= 15 is 0 Å². The quantitative estimate of drug-likeness (QED) is 0.748. The molecule has 180 valence electrons. The molecule has 2 aromatic rings. The van der Waals surface area contributed by atoms with Gasteiger partial charge < -0.3 is 15.1 Å². The first kappa shape index (κ1) is 21.7. The average molecular weight is 461 g/mol. The molecule has 4 fully saturated rings. The van der Waals surface area contributed by atoms with Crippen LogP contribution < -0.4 is 10.2 Å². The van der Waals surface area contributed by atoms with Crippen molar-refractivity contribution in [1.29, 1.82) is 0 Å². The largest absolute Gasteiger partial charge is 0.377 e. The van der Waals surface area contributed by atoms with Gasteiger partial charge in [0.2, 0.25) is 0 Å². The zero-order chi connectivity index (χ0) is 23.4. The van der Waals surface area contributed by atoms with Gasteiger partial charge in [0.15, 0.2) is 5.82 Å². The van der Waals surface area contributed by atoms with Crippen LogP contribution in [0.5, 0.6) is 0 Å². The van der Waals surface area contributed by atoms with Gasteiger partial charge in [0, 0.05) is 50.2 Å². The molecule has 1 N–H and O–H groups in total. The highest BCUT2D eigenvalue weighted by Gasteiger charge is 2.42. The lowest BCUT2D eigenvalue weighted by molar-refractivity contribution is 0.145. The highest BCUT2D eigenvalue weighted by atomic mass is 16.2. The number of aromatic nitrogens is 2. The van der Waals surface area contributed by atoms with Crippen molar-refractivity contribution in [3.05, 3.63) is 48.8 Å². The summed E-state index contributed by atoms with van der Waals surface area (Å²) >= 11 is 0. The smallest absolute Gasteiger partial charge is 0.327 e. The summed E-state index contributed by atoms with van der Waals surface area (Å²) in [6, 6.07) is 7.37. The monoisotopic (exact) mass is 460 g/mol. The van der Waals surface area contributed by atoms with Gasteiger partial charge in [-0.2, -0.15) is 5.10 Å². The fourth-order valence-corrected chi connectivity index (χ4v) is 6.89. The van der Waals surface area contributed by atoms with E-state index in [0.717, 1.165) is 46.7 Å². The number of anilines is 1. The molecule has 0 spiro atoms. The summed E-state index contributed by atoms with van der Waals surface area (Å²) in [6.07, 6.45) is 7.94. The van der Waals surface area contributed by atoms with E-state index in [1.54, 1.807) is 4.90 Å². The maximum Gasteiger partial charge on any atom is 0.327 e. The lowest BCUT2D eigenvalue weighted by atomic mass is 9.88. The van der Waals surface area contributed by atoms with Crippen LogP contribution in [-0.4, -0.2) is 64.4 Å². The predicted molar refractivity (Wildman–Crippen MR) is 136 cm³/mol. The van der Waals surface area contributed by atoms with Gasteiger partial charge in [0.1, 0.15) is 0 Å². The maximum absolute atomic E-state index is 12.5. The van der Waals surface area contributed by atoms with Crippen molar-refractivity contribution in [2.75, 3.05) is 37.6 Å². The lowest BCUT2D eigenvalue weighted by Crippen LogP contribution is -2.45. The Morgan fingerprint density at radius 3 is 2.53 bits per heavy atom. The first-order valence-corrected chi connectivity index (χ1v) is 12.8. The Labute approximate surface area is 202 Å². The summed E-state index contributed by atoms with van der Waals surface area (Å²) in [7, 11) is 1.98. The Morgan fingerprint density at radius 1 is 1.12 bits per heavy atom. The molecule has 4 heterocycles. The van der Waals surface area contributed by atoms with Crippen molar-refractivity contribution in [3.8, 4) is 0 Å². The number of urea groups is 1. The van der Waals surface area contributed by atoms with Crippen LogP contribution in [0, 0.1) is 11.8 Å². The third-order valence-electron chi connectivity index (χ3n) is 8.81. The molecule has 7 heteroatoms. The van der Waals surface area contributed by atoms with Gasteiger partial charge in [0.25, 0.3) is 0 Å². The van der Waals surface area contributed by atoms with E-state index in [2.05, 4.69) is 46.5 Å². The number of carbonyl (C=O) groups excluding carboxylic acids is 1. The topological polar surface area (TPSA) is 56.6 Å². The average Bonchev–Trinajstić information content (AvgIpc) is 3.51. The molecule has 1 aliphatic carbocycles. The normalized spacial score (nSPS) is 28.6. The van der Waals surface area contributed by atoms with Crippen LogP contribution in [0.25, 0.3) is 10.9 Å². The number of carbonyl (C=O) groups is 1. The number of fused-ring (bicyclic) bond motifs is 2. The Morgan fingerprint density at radius 2 is 1.85 bits per heavy atom. The van der Waals surface area contributed by atoms with Crippen LogP contribution in [0.2, 0.25) is 0 Å². The zero-order valence-electron chi connectivity index (χ0n) is 20.2. The second-order valence-corrected chi connectivity index (χ2v) is 10.8. The molecule has 1 aromatic carbocycles. The van der Waals surface area contributed by atoms with E-state index in [9.17, 15) is 4.79 Å². The minimum atomic E-state index is -0.138. The van der Waals surface area contributed by atoms with Crippen LogP contribution in [0.3, 0.4) is 0 Å². The number of aryl methyl sites for hydroxylation is 1. The van der Waals surface area contributed by atoms with E-state index in [0.29, 0.717) is 12.5 Å². The summed E-state index contributed by atoms with van der Waals surface area (Å²) in [6.45, 7) is 13.3. The molecule has 3 saturated heterocycles. The highest BCUT2D eigenvalue weighted by molar-refractivity contribution is 6.02. The number of nitrogens with one attached hydrogen (secondary N) is 1. The van der Waals surface area contributed by atoms with Gasteiger partial charge in [0.05, 0.1) is 5.52 Å². The summed E-state index contributed by atoms with van der Waals surface area (Å²) in [4.78, 5) is 19.4. The Hall–Kier alpha value is -2.80. The number of hydrogen-bond donors (Lipinski definition) is 1. The number of benzene rings is 1. The van der Waals surface area contributed by atoms with Gasteiger partial charge in [-0.15, -0.1) is 0 Å². The molecule has 4 aliphatic rings. The van der Waals surface area contributed by atoms with Crippen molar-refractivity contribution in [3.63, 3.8) is 0 Å². The molecular formula is C27H36N6O. The standard InChI is InChI=1S/C27H36N6O/c1-4-31-16-21-13-23(14-22(21)17-31)32-10-8-19(9-11-32)20-5-6-24-25(15-20)30(3)29-26(24)33-12-7-18(2)28-27(33)34/h4-6,15,19,21-23H,1-2,7-14,16-17H2,3H3,(H,28,34). The zero-order valence-corrected chi connectivity index (χ0v) is 20.2. The molecule has 7 nitrogen and oxygen atoms in total. The fourth-order valence-electron chi connectivity index (χ4n) is 6.89. The molecule has 6 rings (SSSR count). The van der Waals surface area contributed by atoms with E-state index in [-0.39, 0.29) is 6.03 Å². The van der Waals surface area contributed by atoms with E-state index in [1.165, 1.54) is 57.4 Å². The van der Waals surface area contributed by atoms with Gasteiger partial charge in [-0.25, -0.2) is 4.79 Å². The summed E-state index contributed by atoms with van der Waals surface area (Å²) < 4.78 is 1.92. The van der Waals surface area contributed by atoms with E-state index in [4.69, 9.17) is 5.10 Å². The van der Waals surface area contributed by atoms with Crippen molar-refractivity contribution >= 4 is 22.8 Å². The second kappa shape index (κ2) is 8.45. The number of piperidine rings is 1. The van der Waals surface area contributed by atoms with Crippen LogP contribution >= 0.6 is 0 Å². The molecule has 1 aromatic heterocycles. The second-order valence-electron chi connectivity index (χ2n) is 10.8. The van der Waals surface area contributed by atoms with Crippen LogP contribution in [0.4, 0.5) is 10.6 Å². The van der Waals surface area contributed by atoms with Crippen molar-refractivity contribution < 1.29 is 4.79 Å². The number of hydrogen-bond acceptors (Lipinski definition) is 4. The van der Waals surface area contributed by atoms with E-state index < -0.39 is 0 Å². The maximum atomic E-state index is 12.5. The Kier molecular flexibility index (Phi) is 5.40. The van der Waals surface area contributed by atoms with Gasteiger partial charge in [-0.1, -0.05) is 19.2 Å². The number of amides is 2. The minimum Gasteiger partial charge on any atom is -0.377 e. The molecule has 2 unspecified atom stereocenters. The lowest BCUT2D eigenvalue weighted by Gasteiger charge is -2.37. The third-order valence-corrected chi connectivity index (χ3v) is 8.81. The van der Waals surface area contributed by atoms with Crippen molar-refractivity contribution in [2.24, 2.45) is 18.9 Å². The first-order valence-electron chi connectivity index (χ1n) is 12.8. The molecule has 2 atom stereocenters. The number of nitrogens with zero attached hydrogens (tertiary/aromatic N) is 5. The fraction of sp³-hybridized carbons (Fsp3) is 0.556. The van der Waals surface area contributed by atoms with Gasteiger partial charge in [-0.3, -0.25) is 9.58 Å². The SMILES string of the molecule is C=CN1CC2CC(N3CCC(c4ccc5c(N6CCC(=C)NC6=O)nn(C)c5c4)CC3)CC2C1. The first-order chi connectivity index (χ1) is 16.5. The van der Waals surface area contributed by atoms with Crippen LogP contribution in [-0.2, 0) is 7.05 Å². The van der Waals surface area contributed by atoms with Gasteiger partial charge >= 0.3 is 6.03 Å². The number of likely N-dealkylation sites (tertiary alicyclic amines) is 2. The summed E-state index contributed by atoms with van der Waals surface area (Å²) in [5.41, 5.74) is 3.28. The highest BCUT2D eigenvalue weighted by Crippen LogP contribution is 2.42. The van der Waals surface area contributed by atoms with Crippen molar-refractivity contribution in [2.45, 2.75) is 44.1 Å². The van der Waals surface area contributed by atoms with Crippen LogP contribution in [0.15, 0.2) is 43.3 Å². The van der Waals surface area contributed by atoms with Crippen molar-refractivity contribution in [1.82, 2.24) is 24.9 Å². The Bertz CT molecular complexity index is 1120. The molecular weight excluding hydrogens is 424 g/mol. The Balaban J connectivity index is 1.13. The molecule has 1 saturated carbocycles. The molecule has 0 bridgehead atoms. The van der Waals surface area contributed by atoms with Crippen LogP contribution in [0.1, 0.15) is 43.6 Å². The number of rotatable bonds is 4. The predicted octanol–water partition coefficient (Wildman–Crippen LogP) is 4.04. The van der Waals surface area contributed by atoms with E-state index in [1.807, 2.05) is 17.9 Å². The molecule has 3 aliphatic heterocycles. The summed E-state index contributed by atoms with van der Waals surface area (Å²) in [5, 5.41) is 8.59. The molecule has 0 radical (unpaired) electrons.